The van der Waals surface area contributed by atoms with Crippen molar-refractivity contribution in [1.29, 1.82) is 0 Å². The van der Waals surface area contributed by atoms with Crippen LogP contribution in [-0.4, -0.2) is 34.7 Å². The van der Waals surface area contributed by atoms with Crippen molar-refractivity contribution in [3.63, 3.8) is 0 Å². The number of carbonyl (C=O) groups is 1. The van der Waals surface area contributed by atoms with Crippen LogP contribution >= 0.6 is 23.2 Å². The number of hydrogen-bond acceptors (Lipinski definition) is 4. The van der Waals surface area contributed by atoms with Crippen LogP contribution in [0.25, 0.3) is 0 Å². The lowest BCUT2D eigenvalue weighted by atomic mass is 10.2. The summed E-state index contributed by atoms with van der Waals surface area (Å²) in [7, 11) is 0.214. The summed E-state index contributed by atoms with van der Waals surface area (Å²) in [5.74, 6) is -0.518. The second-order valence-corrected chi connectivity index (χ2v) is 8.28. The van der Waals surface area contributed by atoms with E-state index in [4.69, 9.17) is 23.2 Å². The van der Waals surface area contributed by atoms with Gasteiger partial charge in [0, 0.05) is 25.4 Å². The van der Waals surface area contributed by atoms with Gasteiger partial charge in [0.1, 0.15) is 0 Å². The SMILES string of the molecule is CN(C)c1ccc(Cl)cc1NC(=O)c1cc(S(C)(=O)=O)ccc1Cl. The zero-order valence-corrected chi connectivity index (χ0v) is 15.6. The lowest BCUT2D eigenvalue weighted by Gasteiger charge is -2.18. The third-order valence-corrected chi connectivity index (χ3v) is 4.97. The van der Waals surface area contributed by atoms with Gasteiger partial charge in [-0.2, -0.15) is 0 Å². The van der Waals surface area contributed by atoms with Gasteiger partial charge in [0.2, 0.25) is 0 Å². The summed E-state index contributed by atoms with van der Waals surface area (Å²) in [6.45, 7) is 0. The van der Waals surface area contributed by atoms with Gasteiger partial charge in [-0.15, -0.1) is 0 Å². The zero-order chi connectivity index (χ0) is 18.1. The molecule has 8 heteroatoms. The van der Waals surface area contributed by atoms with Crippen molar-refractivity contribution >= 4 is 50.3 Å². The van der Waals surface area contributed by atoms with Crippen molar-refractivity contribution in [3.05, 3.63) is 52.0 Å². The summed E-state index contributed by atoms with van der Waals surface area (Å²) in [5, 5.41) is 3.35. The van der Waals surface area contributed by atoms with E-state index in [-0.39, 0.29) is 15.5 Å². The molecule has 0 saturated heterocycles. The first-order chi connectivity index (χ1) is 11.1. The minimum atomic E-state index is -3.44. The molecular formula is C16H16Cl2N2O3S. The number of nitrogens with one attached hydrogen (secondary N) is 1. The Kier molecular flexibility index (Phi) is 5.42. The highest BCUT2D eigenvalue weighted by Crippen LogP contribution is 2.29. The molecule has 128 valence electrons. The molecule has 0 radical (unpaired) electrons. The number of hydrogen-bond donors (Lipinski definition) is 1. The first-order valence-electron chi connectivity index (χ1n) is 6.87. The van der Waals surface area contributed by atoms with Crippen LogP contribution in [0.2, 0.25) is 10.0 Å². The molecule has 0 bridgehead atoms. The molecule has 0 aliphatic heterocycles. The first kappa shape index (κ1) is 18.6. The Hall–Kier alpha value is -1.76. The van der Waals surface area contributed by atoms with Crippen molar-refractivity contribution in [2.75, 3.05) is 30.6 Å². The molecule has 1 amide bonds. The Morgan fingerprint density at radius 3 is 2.33 bits per heavy atom. The highest BCUT2D eigenvalue weighted by atomic mass is 35.5. The molecular weight excluding hydrogens is 371 g/mol. The van der Waals surface area contributed by atoms with Crippen LogP contribution in [0.4, 0.5) is 11.4 Å². The molecule has 5 nitrogen and oxygen atoms in total. The highest BCUT2D eigenvalue weighted by molar-refractivity contribution is 7.90. The molecule has 0 fully saturated rings. The molecule has 1 N–H and O–H groups in total. The van der Waals surface area contributed by atoms with Gasteiger partial charge in [-0.25, -0.2) is 8.42 Å². The van der Waals surface area contributed by atoms with Gasteiger partial charge in [-0.05, 0) is 36.4 Å². The summed E-state index contributed by atoms with van der Waals surface area (Å²) in [6.07, 6.45) is 1.07. The van der Waals surface area contributed by atoms with Gasteiger partial charge < -0.3 is 10.2 Å². The predicted octanol–water partition coefficient (Wildman–Crippen LogP) is 3.72. The molecule has 2 rings (SSSR count). The van der Waals surface area contributed by atoms with Crippen LogP contribution < -0.4 is 10.2 Å². The number of rotatable bonds is 4. The molecule has 0 spiro atoms. The lowest BCUT2D eigenvalue weighted by molar-refractivity contribution is 0.102. The van der Waals surface area contributed by atoms with E-state index in [1.54, 1.807) is 18.2 Å². The molecule has 2 aromatic carbocycles. The van der Waals surface area contributed by atoms with E-state index in [1.807, 2.05) is 19.0 Å². The molecule has 0 aliphatic rings. The van der Waals surface area contributed by atoms with E-state index in [1.165, 1.54) is 18.2 Å². The van der Waals surface area contributed by atoms with Gasteiger partial charge in [0.05, 0.1) is 26.9 Å². The van der Waals surface area contributed by atoms with Crippen LogP contribution in [-0.2, 0) is 9.84 Å². The first-order valence-corrected chi connectivity index (χ1v) is 9.52. The number of nitrogens with zero attached hydrogens (tertiary/aromatic N) is 1. The molecule has 0 saturated carbocycles. The van der Waals surface area contributed by atoms with E-state index < -0.39 is 15.7 Å². The summed E-state index contributed by atoms with van der Waals surface area (Å²) in [4.78, 5) is 14.4. The van der Waals surface area contributed by atoms with Gasteiger partial charge in [0.25, 0.3) is 5.91 Å². The van der Waals surface area contributed by atoms with Gasteiger partial charge in [-0.1, -0.05) is 23.2 Å². The lowest BCUT2D eigenvalue weighted by Crippen LogP contribution is -2.17. The van der Waals surface area contributed by atoms with Crippen molar-refractivity contribution in [1.82, 2.24) is 0 Å². The summed E-state index contributed by atoms with van der Waals surface area (Å²) < 4.78 is 23.3. The Balaban J connectivity index is 2.43. The molecule has 2 aromatic rings. The number of carbonyl (C=O) groups excluding carboxylic acids is 1. The highest BCUT2D eigenvalue weighted by Gasteiger charge is 2.17. The van der Waals surface area contributed by atoms with Crippen LogP contribution in [0.3, 0.4) is 0 Å². The minimum absolute atomic E-state index is 0.0241. The van der Waals surface area contributed by atoms with E-state index in [0.717, 1.165) is 11.9 Å². The second-order valence-electron chi connectivity index (χ2n) is 5.42. The summed E-state index contributed by atoms with van der Waals surface area (Å²) in [5.41, 5.74) is 1.32. The van der Waals surface area contributed by atoms with Gasteiger partial charge in [-0.3, -0.25) is 4.79 Å². The van der Waals surface area contributed by atoms with E-state index in [9.17, 15) is 13.2 Å². The van der Waals surface area contributed by atoms with Gasteiger partial charge in [0.15, 0.2) is 9.84 Å². The van der Waals surface area contributed by atoms with Crippen LogP contribution in [0.15, 0.2) is 41.3 Å². The molecule has 0 aromatic heterocycles. The van der Waals surface area contributed by atoms with Crippen LogP contribution in [0, 0.1) is 0 Å². The standard InChI is InChI=1S/C16H16Cl2N2O3S/c1-20(2)15-7-4-10(17)8-14(15)19-16(21)12-9-11(24(3,22)23)5-6-13(12)18/h4-9H,1-3H3,(H,19,21). The van der Waals surface area contributed by atoms with Crippen molar-refractivity contribution < 1.29 is 13.2 Å². The normalized spacial score (nSPS) is 11.2. The summed E-state index contributed by atoms with van der Waals surface area (Å²) in [6, 6.07) is 9.10. The third-order valence-electron chi connectivity index (χ3n) is 3.30. The van der Waals surface area contributed by atoms with E-state index >= 15 is 0 Å². The molecule has 24 heavy (non-hydrogen) atoms. The van der Waals surface area contributed by atoms with E-state index in [0.29, 0.717) is 10.7 Å². The average Bonchev–Trinajstić information content (AvgIpc) is 2.46. The van der Waals surface area contributed by atoms with Crippen molar-refractivity contribution in [2.45, 2.75) is 4.90 Å². The number of sulfone groups is 1. The van der Waals surface area contributed by atoms with Gasteiger partial charge >= 0.3 is 0 Å². The smallest absolute Gasteiger partial charge is 0.257 e. The molecule has 0 aliphatic carbocycles. The number of benzene rings is 2. The maximum atomic E-state index is 12.5. The number of amides is 1. The topological polar surface area (TPSA) is 66.5 Å². The Labute approximate surface area is 151 Å². The maximum Gasteiger partial charge on any atom is 0.257 e. The van der Waals surface area contributed by atoms with Crippen molar-refractivity contribution in [2.24, 2.45) is 0 Å². The fourth-order valence-electron chi connectivity index (χ4n) is 2.10. The monoisotopic (exact) mass is 386 g/mol. The number of halogens is 2. The largest absolute Gasteiger partial charge is 0.376 e. The number of anilines is 2. The zero-order valence-electron chi connectivity index (χ0n) is 13.3. The predicted molar refractivity (Wildman–Crippen MR) is 98.3 cm³/mol. The molecule has 0 unspecified atom stereocenters. The summed E-state index contributed by atoms with van der Waals surface area (Å²) >= 11 is 12.0. The maximum absolute atomic E-state index is 12.5. The minimum Gasteiger partial charge on any atom is -0.376 e. The quantitative estimate of drug-likeness (QED) is 0.869. The van der Waals surface area contributed by atoms with Crippen molar-refractivity contribution in [3.8, 4) is 0 Å². The average molecular weight is 387 g/mol. The Morgan fingerprint density at radius 1 is 1.08 bits per heavy atom. The van der Waals surface area contributed by atoms with E-state index in [2.05, 4.69) is 5.32 Å². The van der Waals surface area contributed by atoms with Crippen LogP contribution in [0.5, 0.6) is 0 Å². The van der Waals surface area contributed by atoms with Crippen LogP contribution in [0.1, 0.15) is 10.4 Å². The molecule has 0 heterocycles. The Bertz CT molecular complexity index is 896. The second kappa shape index (κ2) is 7.01. The fourth-order valence-corrected chi connectivity index (χ4v) is 3.12. The third kappa shape index (κ3) is 4.20. The fraction of sp³-hybridized carbons (Fsp3) is 0.188. The molecule has 0 atom stereocenters. The Morgan fingerprint density at radius 2 is 1.75 bits per heavy atom.